The molecule has 0 heterocycles. The number of rotatable bonds is 2. The van der Waals surface area contributed by atoms with Gasteiger partial charge in [0.2, 0.25) is 0 Å². The maximum Gasteiger partial charge on any atom is 0.385 e. The first-order valence-electron chi connectivity index (χ1n) is 2.26. The van der Waals surface area contributed by atoms with Gasteiger partial charge in [0.1, 0.15) is 0 Å². The second-order valence-corrected chi connectivity index (χ2v) is 19.7. The van der Waals surface area contributed by atoms with Crippen LogP contribution < -0.4 is 0 Å². The van der Waals surface area contributed by atoms with Gasteiger partial charge < -0.3 is 0 Å². The third-order valence-electron chi connectivity index (χ3n) is 0.690. The molecule has 0 N–H and O–H groups in total. The van der Waals surface area contributed by atoms with E-state index < -0.39 is 12.0 Å². The Morgan fingerprint density at radius 2 is 0.750 bits per heavy atom. The molecule has 0 saturated heterocycles. The lowest BCUT2D eigenvalue weighted by atomic mass is 11.2. The highest BCUT2D eigenvalue weighted by Crippen LogP contribution is 2.41. The summed E-state index contributed by atoms with van der Waals surface area (Å²) in [6, 6.07) is -6.44. The van der Waals surface area contributed by atoms with Crippen molar-refractivity contribution in [1.82, 2.24) is 0 Å². The van der Waals surface area contributed by atoms with Crippen molar-refractivity contribution in [2.45, 2.75) is 0 Å². The Morgan fingerprint density at radius 3 is 0.833 bits per heavy atom. The van der Waals surface area contributed by atoms with Crippen molar-refractivity contribution in [3.63, 3.8) is 0 Å². The molecular weight excluding hydrogens is 364 g/mol. The molecule has 0 bridgehead atoms. The van der Waals surface area contributed by atoms with Crippen LogP contribution in [-0.2, 0) is 0 Å². The van der Waals surface area contributed by atoms with Crippen LogP contribution in [0.1, 0.15) is 0 Å². The third kappa shape index (κ3) is 4.83. The minimum absolute atomic E-state index is 0.138. The fourth-order valence-electron chi connectivity index (χ4n) is 0.249. The smallest absolute Gasteiger partial charge is 0.120 e. The molecule has 0 atom stereocenters. The zero-order chi connectivity index (χ0) is 10.2. The topological polar surface area (TPSA) is 0 Å². The Labute approximate surface area is 110 Å². The van der Waals surface area contributed by atoms with E-state index in [1.807, 2.05) is 0 Å². The van der Waals surface area contributed by atoms with Crippen LogP contribution in [0.25, 0.3) is 0 Å². The Balaban J connectivity index is 4.96. The predicted octanol–water partition coefficient (Wildman–Crippen LogP) is 5.06. The average molecular weight is 364 g/mol. The van der Waals surface area contributed by atoms with Gasteiger partial charge in [-0.2, -0.15) is 0 Å². The van der Waals surface area contributed by atoms with Crippen molar-refractivity contribution in [2.75, 3.05) is 0 Å². The van der Waals surface area contributed by atoms with Crippen LogP contribution in [0.3, 0.4) is 0 Å². The molecule has 0 saturated carbocycles. The fourth-order valence-corrected chi connectivity index (χ4v) is 6.72. The van der Waals surface area contributed by atoms with Crippen molar-refractivity contribution in [2.24, 2.45) is 0 Å². The molecule has 12 heavy (non-hydrogen) atoms. The molecule has 0 aliphatic heterocycles. The molecule has 72 valence electrons. The molecule has 0 unspecified atom stereocenters. The SMILES string of the molecule is ClC(=C(Cl)[Si](Cl)(Cl)Cl)[Si](Cl)(Cl)Cl. The first-order valence-corrected chi connectivity index (χ1v) is 13.1. The van der Waals surface area contributed by atoms with Gasteiger partial charge in [-0.15, -0.1) is 66.5 Å². The van der Waals surface area contributed by atoms with Gasteiger partial charge in [-0.1, -0.05) is 23.2 Å². The summed E-state index contributed by atoms with van der Waals surface area (Å²) in [5.74, 6) is 0. The first-order chi connectivity index (χ1) is 5.07. The lowest BCUT2D eigenvalue weighted by Crippen LogP contribution is -2.19. The lowest BCUT2D eigenvalue weighted by Gasteiger charge is -2.12. The van der Waals surface area contributed by atoms with Crippen molar-refractivity contribution in [1.29, 1.82) is 0 Å². The van der Waals surface area contributed by atoms with Gasteiger partial charge in [0.25, 0.3) is 0 Å². The zero-order valence-corrected chi connectivity index (χ0v) is 13.1. The normalized spacial score (nSPS) is 16.0. The molecule has 0 radical (unpaired) electrons. The maximum absolute atomic E-state index is 5.59. The van der Waals surface area contributed by atoms with Gasteiger partial charge in [-0.25, -0.2) is 0 Å². The molecule has 0 rings (SSSR count). The Kier molecular flexibility index (Phi) is 6.06. The summed E-state index contributed by atoms with van der Waals surface area (Å²) in [6.07, 6.45) is 0. The summed E-state index contributed by atoms with van der Waals surface area (Å²) in [7, 11) is 0. The summed E-state index contributed by atoms with van der Waals surface area (Å²) >= 11 is 44.3. The molecular formula is C2Cl8Si2. The van der Waals surface area contributed by atoms with Gasteiger partial charge >= 0.3 is 12.0 Å². The zero-order valence-electron chi connectivity index (χ0n) is 5.02. The van der Waals surface area contributed by atoms with E-state index in [1.54, 1.807) is 0 Å². The van der Waals surface area contributed by atoms with Gasteiger partial charge in [0.05, 0.1) is 9.31 Å². The molecule has 10 heteroatoms. The van der Waals surface area contributed by atoms with Crippen LogP contribution in [0.4, 0.5) is 0 Å². The van der Waals surface area contributed by atoms with E-state index in [4.69, 9.17) is 89.7 Å². The molecule has 0 aliphatic rings. The third-order valence-corrected chi connectivity index (χ3v) is 10.1. The van der Waals surface area contributed by atoms with E-state index in [2.05, 4.69) is 0 Å². The molecule has 0 nitrogen and oxygen atoms in total. The molecule has 0 fully saturated rings. The van der Waals surface area contributed by atoms with E-state index in [-0.39, 0.29) is 9.31 Å². The summed E-state index contributed by atoms with van der Waals surface area (Å²) in [5, 5.41) is 0. The Morgan fingerprint density at radius 1 is 0.583 bits per heavy atom. The predicted molar refractivity (Wildman–Crippen MR) is 65.4 cm³/mol. The maximum atomic E-state index is 5.59. The summed E-state index contributed by atoms with van der Waals surface area (Å²) < 4.78 is -0.276. The van der Waals surface area contributed by atoms with Crippen molar-refractivity contribution in [3.05, 3.63) is 9.31 Å². The van der Waals surface area contributed by atoms with Crippen molar-refractivity contribution >= 4 is 102 Å². The van der Waals surface area contributed by atoms with E-state index in [0.29, 0.717) is 0 Å². The first kappa shape index (κ1) is 14.5. The molecule has 0 spiro atoms. The van der Waals surface area contributed by atoms with Crippen LogP contribution in [-0.4, -0.2) is 12.0 Å². The van der Waals surface area contributed by atoms with Gasteiger partial charge in [-0.3, -0.25) is 0 Å². The van der Waals surface area contributed by atoms with E-state index >= 15 is 0 Å². The summed E-state index contributed by atoms with van der Waals surface area (Å²) in [4.78, 5) is 0. The van der Waals surface area contributed by atoms with Crippen LogP contribution in [0, 0.1) is 0 Å². The summed E-state index contributed by atoms with van der Waals surface area (Å²) in [6.45, 7) is 0. The van der Waals surface area contributed by atoms with Crippen LogP contribution in [0.5, 0.6) is 0 Å². The lowest BCUT2D eigenvalue weighted by molar-refractivity contribution is 2.17. The average Bonchev–Trinajstić information content (AvgIpc) is 1.80. The molecule has 0 aromatic heterocycles. The van der Waals surface area contributed by atoms with Gasteiger partial charge in [0.15, 0.2) is 0 Å². The highest BCUT2D eigenvalue weighted by molar-refractivity contribution is 7.72. The Hall–Kier alpha value is 2.49. The highest BCUT2D eigenvalue weighted by Gasteiger charge is 2.40. The minimum Gasteiger partial charge on any atom is -0.120 e. The van der Waals surface area contributed by atoms with E-state index in [9.17, 15) is 0 Å². The van der Waals surface area contributed by atoms with Crippen LogP contribution in [0.2, 0.25) is 0 Å². The van der Waals surface area contributed by atoms with Gasteiger partial charge in [0, 0.05) is 0 Å². The fraction of sp³-hybridized carbons (Fsp3) is 0. The highest BCUT2D eigenvalue weighted by atomic mass is 35.8. The summed E-state index contributed by atoms with van der Waals surface area (Å²) in [5.41, 5.74) is 0. The van der Waals surface area contributed by atoms with Gasteiger partial charge in [-0.05, 0) is 0 Å². The number of halogens is 8. The van der Waals surface area contributed by atoms with E-state index in [1.165, 1.54) is 0 Å². The second-order valence-electron chi connectivity index (χ2n) is 1.62. The number of hydrogen-bond acceptors (Lipinski definition) is 0. The molecule has 0 amide bonds. The largest absolute Gasteiger partial charge is 0.385 e. The van der Waals surface area contributed by atoms with Crippen molar-refractivity contribution < 1.29 is 0 Å². The minimum atomic E-state index is -3.22. The molecule has 0 aromatic carbocycles. The standard InChI is InChI=1S/C2Cl8Si2/c3-1(11(5,6)7)2(4)12(8,9)10. The number of hydrogen-bond donors (Lipinski definition) is 0. The van der Waals surface area contributed by atoms with Crippen LogP contribution in [0.15, 0.2) is 9.31 Å². The second kappa shape index (κ2) is 5.02. The van der Waals surface area contributed by atoms with Crippen molar-refractivity contribution in [3.8, 4) is 0 Å². The quantitative estimate of drug-likeness (QED) is 0.475. The monoisotopic (exact) mass is 360 g/mol. The Bertz CT molecular complexity index is 174. The van der Waals surface area contributed by atoms with E-state index in [0.717, 1.165) is 0 Å². The van der Waals surface area contributed by atoms with Crippen LogP contribution >= 0.6 is 89.7 Å². The molecule has 0 aliphatic carbocycles. The molecule has 0 aromatic rings.